The fraction of sp³-hybridized carbons (Fsp3) is 0.550. The summed E-state index contributed by atoms with van der Waals surface area (Å²) in [6, 6.07) is 6.00. The Morgan fingerprint density at radius 3 is 2.54 bits per heavy atom. The lowest BCUT2D eigenvalue weighted by Crippen LogP contribution is -2.32. The van der Waals surface area contributed by atoms with Crippen LogP contribution >= 0.6 is 0 Å². The number of piperidine rings is 1. The molecule has 0 spiro atoms. The van der Waals surface area contributed by atoms with Crippen LogP contribution in [0.15, 0.2) is 24.4 Å². The van der Waals surface area contributed by atoms with Gasteiger partial charge in [0.2, 0.25) is 0 Å². The van der Waals surface area contributed by atoms with Gasteiger partial charge in [0.1, 0.15) is 5.82 Å². The van der Waals surface area contributed by atoms with Gasteiger partial charge in [0.15, 0.2) is 0 Å². The monoisotopic (exact) mass is 329 g/mol. The SMILES string of the molecule is CCc1ccc(-c2c(C(C)C)cnn2C2CCN(C)CC2)c(F)c1. The summed E-state index contributed by atoms with van der Waals surface area (Å²) in [6.07, 6.45) is 4.92. The molecule has 0 atom stereocenters. The second kappa shape index (κ2) is 7.06. The number of aromatic nitrogens is 2. The van der Waals surface area contributed by atoms with Crippen LogP contribution in [0.3, 0.4) is 0 Å². The third-order valence-electron chi connectivity index (χ3n) is 5.18. The molecule has 0 radical (unpaired) electrons. The summed E-state index contributed by atoms with van der Waals surface area (Å²) < 4.78 is 16.9. The lowest BCUT2D eigenvalue weighted by molar-refractivity contribution is 0.213. The van der Waals surface area contributed by atoms with Crippen LogP contribution in [0.5, 0.6) is 0 Å². The molecule has 1 aromatic heterocycles. The number of nitrogens with zero attached hydrogens (tertiary/aromatic N) is 3. The molecule has 0 amide bonds. The zero-order valence-corrected chi connectivity index (χ0v) is 15.2. The fourth-order valence-corrected chi connectivity index (χ4v) is 3.56. The highest BCUT2D eigenvalue weighted by Crippen LogP contribution is 2.35. The highest BCUT2D eigenvalue weighted by atomic mass is 19.1. The first-order valence-corrected chi connectivity index (χ1v) is 9.06. The number of hydrogen-bond acceptors (Lipinski definition) is 2. The smallest absolute Gasteiger partial charge is 0.132 e. The van der Waals surface area contributed by atoms with E-state index in [0.717, 1.165) is 49.2 Å². The lowest BCUT2D eigenvalue weighted by Gasteiger charge is -2.30. The van der Waals surface area contributed by atoms with E-state index in [2.05, 4.69) is 42.5 Å². The minimum atomic E-state index is -0.133. The zero-order chi connectivity index (χ0) is 17.3. The van der Waals surface area contributed by atoms with Gasteiger partial charge in [0.05, 0.1) is 17.9 Å². The van der Waals surface area contributed by atoms with E-state index in [9.17, 15) is 4.39 Å². The summed E-state index contributed by atoms with van der Waals surface area (Å²) in [5.41, 5.74) is 3.83. The molecule has 1 aliphatic heterocycles. The lowest BCUT2D eigenvalue weighted by atomic mass is 9.96. The molecule has 1 aromatic carbocycles. The van der Waals surface area contributed by atoms with Crippen molar-refractivity contribution in [1.29, 1.82) is 0 Å². The summed E-state index contributed by atoms with van der Waals surface area (Å²) >= 11 is 0. The fourth-order valence-electron chi connectivity index (χ4n) is 3.56. The summed E-state index contributed by atoms with van der Waals surface area (Å²) in [5.74, 6) is 0.191. The van der Waals surface area contributed by atoms with Crippen molar-refractivity contribution in [2.24, 2.45) is 0 Å². The van der Waals surface area contributed by atoms with Gasteiger partial charge in [0.25, 0.3) is 0 Å². The molecule has 2 aromatic rings. The van der Waals surface area contributed by atoms with Crippen LogP contribution in [-0.2, 0) is 6.42 Å². The number of aryl methyl sites for hydroxylation is 1. The Balaban J connectivity index is 2.06. The quantitative estimate of drug-likeness (QED) is 0.814. The van der Waals surface area contributed by atoms with Crippen LogP contribution < -0.4 is 0 Å². The minimum absolute atomic E-state index is 0.133. The number of hydrogen-bond donors (Lipinski definition) is 0. The highest BCUT2D eigenvalue weighted by Gasteiger charge is 2.25. The summed E-state index contributed by atoms with van der Waals surface area (Å²) in [6.45, 7) is 8.49. The van der Waals surface area contributed by atoms with Crippen LogP contribution in [0, 0.1) is 5.82 Å². The average Bonchev–Trinajstić information content (AvgIpc) is 3.00. The molecule has 3 rings (SSSR count). The molecule has 24 heavy (non-hydrogen) atoms. The van der Waals surface area contributed by atoms with Crippen molar-refractivity contribution in [2.45, 2.75) is 52.0 Å². The van der Waals surface area contributed by atoms with E-state index in [1.807, 2.05) is 18.3 Å². The Morgan fingerprint density at radius 2 is 1.96 bits per heavy atom. The van der Waals surface area contributed by atoms with Gasteiger partial charge >= 0.3 is 0 Å². The molecule has 130 valence electrons. The molecular formula is C20H28FN3. The number of benzene rings is 1. The van der Waals surface area contributed by atoms with Crippen LogP contribution in [0.25, 0.3) is 11.3 Å². The predicted octanol–water partition coefficient (Wildman–Crippen LogP) is 4.64. The van der Waals surface area contributed by atoms with Crippen LogP contribution in [0.4, 0.5) is 4.39 Å². The van der Waals surface area contributed by atoms with E-state index in [1.54, 1.807) is 6.07 Å². The molecule has 1 fully saturated rings. The van der Waals surface area contributed by atoms with Crippen LogP contribution in [0.2, 0.25) is 0 Å². The van der Waals surface area contributed by atoms with E-state index in [0.29, 0.717) is 17.5 Å². The Kier molecular flexibility index (Phi) is 5.04. The van der Waals surface area contributed by atoms with Gasteiger partial charge in [-0.15, -0.1) is 0 Å². The standard InChI is InChI=1S/C20H28FN3/c1-5-15-6-7-17(19(21)12-15)20-18(14(2)3)13-22-24(20)16-8-10-23(4)11-9-16/h6-7,12-14,16H,5,8-11H2,1-4H3. The van der Waals surface area contributed by atoms with Crippen molar-refractivity contribution in [2.75, 3.05) is 20.1 Å². The molecule has 2 heterocycles. The molecule has 0 N–H and O–H groups in total. The summed E-state index contributed by atoms with van der Waals surface area (Å²) in [7, 11) is 2.16. The van der Waals surface area contributed by atoms with Crippen molar-refractivity contribution < 1.29 is 4.39 Å². The molecule has 0 unspecified atom stereocenters. The number of halogens is 1. The molecule has 0 bridgehead atoms. The molecule has 4 heteroatoms. The van der Waals surface area contributed by atoms with Crippen molar-refractivity contribution in [1.82, 2.24) is 14.7 Å². The Morgan fingerprint density at radius 1 is 1.25 bits per heavy atom. The molecule has 0 aliphatic carbocycles. The third-order valence-corrected chi connectivity index (χ3v) is 5.18. The van der Waals surface area contributed by atoms with Crippen LogP contribution in [-0.4, -0.2) is 34.8 Å². The number of rotatable bonds is 4. The maximum absolute atomic E-state index is 14.8. The average molecular weight is 329 g/mol. The van der Waals surface area contributed by atoms with Gasteiger partial charge in [-0.25, -0.2) is 4.39 Å². The van der Waals surface area contributed by atoms with Crippen molar-refractivity contribution in [3.8, 4) is 11.3 Å². The number of likely N-dealkylation sites (tertiary alicyclic amines) is 1. The normalized spacial score (nSPS) is 16.9. The first kappa shape index (κ1) is 17.2. The van der Waals surface area contributed by atoms with Crippen molar-refractivity contribution >= 4 is 0 Å². The minimum Gasteiger partial charge on any atom is -0.306 e. The van der Waals surface area contributed by atoms with Gasteiger partial charge in [-0.2, -0.15) is 5.10 Å². The Bertz CT molecular complexity index is 697. The van der Waals surface area contributed by atoms with Crippen molar-refractivity contribution in [3.63, 3.8) is 0 Å². The predicted molar refractivity (Wildman–Crippen MR) is 96.9 cm³/mol. The largest absolute Gasteiger partial charge is 0.306 e. The van der Waals surface area contributed by atoms with E-state index in [-0.39, 0.29) is 5.82 Å². The molecule has 3 nitrogen and oxygen atoms in total. The first-order valence-electron chi connectivity index (χ1n) is 9.06. The van der Waals surface area contributed by atoms with Gasteiger partial charge in [-0.1, -0.05) is 26.8 Å². The maximum Gasteiger partial charge on any atom is 0.132 e. The Hall–Kier alpha value is -1.68. The zero-order valence-electron chi connectivity index (χ0n) is 15.2. The topological polar surface area (TPSA) is 21.1 Å². The van der Waals surface area contributed by atoms with Gasteiger partial charge < -0.3 is 4.90 Å². The molecule has 1 aliphatic rings. The molecule has 1 saturated heterocycles. The maximum atomic E-state index is 14.8. The first-order chi connectivity index (χ1) is 11.5. The summed E-state index contributed by atoms with van der Waals surface area (Å²) in [4.78, 5) is 2.35. The Labute approximate surface area is 144 Å². The summed E-state index contributed by atoms with van der Waals surface area (Å²) in [5, 5.41) is 4.68. The molecular weight excluding hydrogens is 301 g/mol. The van der Waals surface area contributed by atoms with Crippen LogP contribution in [0.1, 0.15) is 56.7 Å². The third kappa shape index (κ3) is 3.25. The second-order valence-electron chi connectivity index (χ2n) is 7.25. The highest BCUT2D eigenvalue weighted by molar-refractivity contribution is 5.65. The van der Waals surface area contributed by atoms with E-state index < -0.39 is 0 Å². The van der Waals surface area contributed by atoms with Gasteiger partial charge in [0, 0.05) is 11.1 Å². The molecule has 0 saturated carbocycles. The van der Waals surface area contributed by atoms with E-state index >= 15 is 0 Å². The van der Waals surface area contributed by atoms with Gasteiger partial charge in [-0.05, 0) is 63.0 Å². The second-order valence-corrected chi connectivity index (χ2v) is 7.25. The van der Waals surface area contributed by atoms with E-state index in [4.69, 9.17) is 0 Å². The van der Waals surface area contributed by atoms with Crippen molar-refractivity contribution in [3.05, 3.63) is 41.3 Å². The van der Waals surface area contributed by atoms with E-state index in [1.165, 1.54) is 0 Å². The van der Waals surface area contributed by atoms with Gasteiger partial charge in [-0.3, -0.25) is 4.68 Å².